The van der Waals surface area contributed by atoms with Gasteiger partial charge in [0.15, 0.2) is 29.0 Å². The zero-order chi connectivity index (χ0) is 31.5. The fourth-order valence-corrected chi connectivity index (χ4v) is 4.49. The van der Waals surface area contributed by atoms with Gasteiger partial charge in [-0.1, -0.05) is 0 Å². The Morgan fingerprint density at radius 2 is 1.68 bits per heavy atom. The summed E-state index contributed by atoms with van der Waals surface area (Å²) in [7, 11) is 3.65. The molecule has 0 saturated carbocycles. The molecule has 13 nitrogen and oxygen atoms in total. The molecule has 0 radical (unpaired) electrons. The Morgan fingerprint density at radius 1 is 0.932 bits per heavy atom. The number of esters is 2. The largest absolute Gasteiger partial charge is 0.490 e. The molecule has 2 aromatic carbocycles. The number of rotatable bonds is 11. The third-order valence-corrected chi connectivity index (χ3v) is 6.55. The van der Waals surface area contributed by atoms with Crippen molar-refractivity contribution in [2.24, 2.45) is 0 Å². The van der Waals surface area contributed by atoms with E-state index in [4.69, 9.17) is 37.3 Å². The van der Waals surface area contributed by atoms with Crippen molar-refractivity contribution < 1.29 is 46.8 Å². The first-order valence-electron chi connectivity index (χ1n) is 13.8. The van der Waals surface area contributed by atoms with E-state index in [1.54, 1.807) is 32.0 Å². The van der Waals surface area contributed by atoms with Gasteiger partial charge >= 0.3 is 11.9 Å². The van der Waals surface area contributed by atoms with Crippen LogP contribution >= 0.6 is 0 Å². The van der Waals surface area contributed by atoms with Gasteiger partial charge in [0.05, 0.1) is 12.0 Å². The number of hydrogen-bond donors (Lipinski definition) is 0. The molecule has 1 aliphatic heterocycles. The minimum absolute atomic E-state index is 0.136. The van der Waals surface area contributed by atoms with E-state index in [-0.39, 0.29) is 70.2 Å². The highest BCUT2D eigenvalue weighted by molar-refractivity contribution is 5.89. The first-order chi connectivity index (χ1) is 21.0. The van der Waals surface area contributed by atoms with Crippen LogP contribution in [0.15, 0.2) is 60.9 Å². The minimum Gasteiger partial charge on any atom is -0.490 e. The van der Waals surface area contributed by atoms with Crippen molar-refractivity contribution in [2.45, 2.75) is 39.5 Å². The second kappa shape index (κ2) is 12.8. The quantitative estimate of drug-likeness (QED) is 0.226. The third-order valence-electron chi connectivity index (χ3n) is 6.55. The van der Waals surface area contributed by atoms with Crippen molar-refractivity contribution in [3.8, 4) is 11.5 Å². The Bertz CT molecular complexity index is 1820. The summed E-state index contributed by atoms with van der Waals surface area (Å²) >= 11 is 0. The Balaban J connectivity index is 1.36. The summed E-state index contributed by atoms with van der Waals surface area (Å²) in [5.41, 5.74) is 0.307. The molecule has 232 valence electrons. The molecule has 0 N–H and O–H groups in total. The second-order valence-corrected chi connectivity index (χ2v) is 10.1. The predicted molar refractivity (Wildman–Crippen MR) is 156 cm³/mol. The number of anilines is 1. The van der Waals surface area contributed by atoms with Gasteiger partial charge in [-0.3, -0.25) is 14.4 Å². The van der Waals surface area contributed by atoms with E-state index >= 15 is 0 Å². The molecule has 3 heterocycles. The van der Waals surface area contributed by atoms with Gasteiger partial charge in [-0.15, -0.1) is 0 Å². The number of benzene rings is 2. The van der Waals surface area contributed by atoms with Crippen LogP contribution in [0.25, 0.3) is 21.9 Å². The number of carbonyl (C=O) groups excluding carboxylic acids is 2. The molecule has 0 spiro atoms. The Kier molecular flexibility index (Phi) is 8.88. The van der Waals surface area contributed by atoms with Crippen LogP contribution in [0.5, 0.6) is 11.5 Å². The molecule has 13 heteroatoms. The van der Waals surface area contributed by atoms with Crippen molar-refractivity contribution in [2.75, 3.05) is 38.8 Å². The molecular formula is C31H31NO12. The van der Waals surface area contributed by atoms with Crippen LogP contribution in [0.1, 0.15) is 43.4 Å². The fourth-order valence-electron chi connectivity index (χ4n) is 4.49. The van der Waals surface area contributed by atoms with E-state index in [1.165, 1.54) is 25.1 Å². The van der Waals surface area contributed by atoms with Crippen LogP contribution in [0, 0.1) is 0 Å². The van der Waals surface area contributed by atoms with Crippen molar-refractivity contribution in [3.63, 3.8) is 0 Å². The first-order valence-corrected chi connectivity index (χ1v) is 13.8. The van der Waals surface area contributed by atoms with E-state index in [9.17, 15) is 19.2 Å². The highest BCUT2D eigenvalue weighted by Gasteiger charge is 2.32. The molecule has 1 atom stereocenters. The molecule has 0 amide bonds. The van der Waals surface area contributed by atoms with Gasteiger partial charge in [-0.25, -0.2) is 4.79 Å². The number of nitrogens with zero attached hydrogens (tertiary/aromatic N) is 1. The van der Waals surface area contributed by atoms with Gasteiger partial charge in [-0.05, 0) is 32.0 Å². The summed E-state index contributed by atoms with van der Waals surface area (Å²) in [4.78, 5) is 51.5. The molecule has 2 aromatic heterocycles. The van der Waals surface area contributed by atoms with Gasteiger partial charge < -0.3 is 42.2 Å². The smallest absolute Gasteiger partial charge is 0.374 e. The van der Waals surface area contributed by atoms with Crippen LogP contribution in [0.2, 0.25) is 0 Å². The molecule has 1 unspecified atom stereocenters. The van der Waals surface area contributed by atoms with E-state index in [0.29, 0.717) is 5.69 Å². The maximum Gasteiger partial charge on any atom is 0.374 e. The van der Waals surface area contributed by atoms with Crippen LogP contribution < -0.4 is 25.2 Å². The van der Waals surface area contributed by atoms with Crippen molar-refractivity contribution in [3.05, 3.63) is 74.4 Å². The van der Waals surface area contributed by atoms with Crippen molar-refractivity contribution >= 4 is 39.6 Å². The van der Waals surface area contributed by atoms with Crippen molar-refractivity contribution in [1.29, 1.82) is 0 Å². The molecule has 5 rings (SSSR count). The number of hydrogen-bond acceptors (Lipinski definition) is 13. The molecule has 0 bridgehead atoms. The second-order valence-electron chi connectivity index (χ2n) is 10.1. The summed E-state index contributed by atoms with van der Waals surface area (Å²) in [5, 5.41) is 0.374. The van der Waals surface area contributed by atoms with Gasteiger partial charge in [0.25, 0.3) is 0 Å². The van der Waals surface area contributed by atoms with Crippen LogP contribution in [-0.2, 0) is 23.7 Å². The van der Waals surface area contributed by atoms with E-state index < -0.39 is 36.1 Å². The molecule has 1 saturated heterocycles. The zero-order valence-corrected chi connectivity index (χ0v) is 24.7. The molecule has 4 aromatic rings. The lowest BCUT2D eigenvalue weighted by Gasteiger charge is -2.32. The summed E-state index contributed by atoms with van der Waals surface area (Å²) < 4.78 is 44.6. The highest BCUT2D eigenvalue weighted by atomic mass is 16.9. The molecule has 1 fully saturated rings. The maximum absolute atomic E-state index is 13.2. The molecule has 0 aliphatic carbocycles. The number of ether oxygens (including phenoxy) is 6. The van der Waals surface area contributed by atoms with Gasteiger partial charge in [-0.2, -0.15) is 0 Å². The topological polar surface area (TPSA) is 153 Å². The van der Waals surface area contributed by atoms with Gasteiger partial charge in [0, 0.05) is 51.0 Å². The average Bonchev–Trinajstić information content (AvgIpc) is 2.96. The normalized spacial score (nSPS) is 16.7. The molecule has 1 aliphatic rings. The predicted octanol–water partition coefficient (Wildman–Crippen LogP) is 3.92. The van der Waals surface area contributed by atoms with Gasteiger partial charge in [0.1, 0.15) is 41.3 Å². The van der Waals surface area contributed by atoms with Gasteiger partial charge in [0.2, 0.25) is 12.1 Å². The molecular weight excluding hydrogens is 578 g/mol. The lowest BCUT2D eigenvalue weighted by Crippen LogP contribution is -2.32. The fraction of sp³-hybridized carbons (Fsp3) is 0.355. The lowest BCUT2D eigenvalue weighted by atomic mass is 10.1. The summed E-state index contributed by atoms with van der Waals surface area (Å²) in [6, 6.07) is 10.2. The van der Waals surface area contributed by atoms with Crippen LogP contribution in [0.4, 0.5) is 5.69 Å². The summed E-state index contributed by atoms with van der Waals surface area (Å²) in [5.74, 6) is -0.787. The lowest BCUT2D eigenvalue weighted by molar-refractivity contribution is -0.387. The zero-order valence-electron chi connectivity index (χ0n) is 24.7. The highest BCUT2D eigenvalue weighted by Crippen LogP contribution is 2.35. The third kappa shape index (κ3) is 6.68. The minimum atomic E-state index is -0.895. The Labute approximate surface area is 250 Å². The number of fused-ring (bicyclic) bond motifs is 2. The summed E-state index contributed by atoms with van der Waals surface area (Å²) in [6.45, 7) is 4.45. The SMILES string of the molecule is CCOC(=O)c1cc(=O)c2cc(OCC(COc3cc(N(C)C)cc4oc(C5OC(C)O5)cc(=O)c34)OC(C)=O)ccc2o1. The van der Waals surface area contributed by atoms with E-state index in [2.05, 4.69) is 0 Å². The Hall–Kier alpha value is -4.88. The summed E-state index contributed by atoms with van der Waals surface area (Å²) in [6.07, 6.45) is -2.07. The van der Waals surface area contributed by atoms with E-state index in [0.717, 1.165) is 6.07 Å². The van der Waals surface area contributed by atoms with Crippen molar-refractivity contribution in [1.82, 2.24) is 0 Å². The first kappa shape index (κ1) is 30.6. The van der Waals surface area contributed by atoms with E-state index in [1.807, 2.05) is 19.0 Å². The molecule has 44 heavy (non-hydrogen) atoms. The monoisotopic (exact) mass is 609 g/mol. The standard InChI is InChI=1S/C31H31NO12/c1-6-37-30(36)27-12-22(34)21-11-19(7-8-24(21)43-27)38-14-20(40-16(2)33)15-39-25-9-18(32(4)5)10-26-29(25)23(35)13-28(44-26)31-41-17(3)42-31/h7-13,17,20,31H,6,14-15H2,1-5H3. The van der Waals surface area contributed by atoms with Crippen LogP contribution in [0.3, 0.4) is 0 Å². The van der Waals surface area contributed by atoms with Crippen LogP contribution in [-0.4, -0.2) is 58.2 Å². The average molecular weight is 610 g/mol. The Morgan fingerprint density at radius 3 is 2.36 bits per heavy atom. The maximum atomic E-state index is 13.2. The number of carbonyl (C=O) groups is 2.